The second-order valence-corrected chi connectivity index (χ2v) is 5.52. The van der Waals surface area contributed by atoms with Crippen molar-refractivity contribution in [2.75, 3.05) is 11.9 Å². The highest BCUT2D eigenvalue weighted by molar-refractivity contribution is 5.93. The van der Waals surface area contributed by atoms with Crippen LogP contribution < -0.4 is 10.1 Å². The molecule has 0 atom stereocenters. The topological polar surface area (TPSA) is 68.5 Å². The van der Waals surface area contributed by atoms with Crippen LogP contribution >= 0.6 is 0 Å². The van der Waals surface area contributed by atoms with Crippen LogP contribution in [0.5, 0.6) is 6.01 Å². The summed E-state index contributed by atoms with van der Waals surface area (Å²) >= 11 is 0. The predicted octanol–water partition coefficient (Wildman–Crippen LogP) is 2.67. The number of fused-ring (bicyclic) bond motifs is 1. The van der Waals surface area contributed by atoms with Crippen LogP contribution in [0.25, 0.3) is 5.65 Å². The number of hydrogen-bond acceptors (Lipinski definition) is 4. The Labute approximate surface area is 134 Å². The van der Waals surface area contributed by atoms with E-state index in [1.54, 1.807) is 10.6 Å². The number of amides is 1. The van der Waals surface area contributed by atoms with Gasteiger partial charge < -0.3 is 10.1 Å². The molecule has 0 aliphatic heterocycles. The van der Waals surface area contributed by atoms with Crippen molar-refractivity contribution in [3.63, 3.8) is 0 Å². The molecule has 23 heavy (non-hydrogen) atoms. The van der Waals surface area contributed by atoms with Crippen molar-refractivity contribution in [3.05, 3.63) is 53.2 Å². The van der Waals surface area contributed by atoms with Crippen LogP contribution in [0.4, 0.5) is 5.69 Å². The van der Waals surface area contributed by atoms with Crippen LogP contribution in [0.15, 0.2) is 36.5 Å². The van der Waals surface area contributed by atoms with E-state index in [2.05, 4.69) is 15.5 Å². The molecule has 0 aliphatic rings. The highest BCUT2D eigenvalue weighted by atomic mass is 16.5. The molecule has 118 valence electrons. The fourth-order valence-corrected chi connectivity index (χ4v) is 2.60. The second kappa shape index (κ2) is 6.08. The summed E-state index contributed by atoms with van der Waals surface area (Å²) in [6, 6.07) is 9.91. The van der Waals surface area contributed by atoms with Gasteiger partial charge in [0.15, 0.2) is 12.3 Å². The molecule has 0 aliphatic carbocycles. The first-order valence-electron chi connectivity index (χ1n) is 7.35. The first kappa shape index (κ1) is 15.0. The molecule has 0 fully saturated rings. The van der Waals surface area contributed by atoms with Crippen LogP contribution in [0, 0.1) is 20.8 Å². The zero-order valence-electron chi connectivity index (χ0n) is 13.3. The molecule has 6 nitrogen and oxygen atoms in total. The Morgan fingerprint density at radius 2 is 1.91 bits per heavy atom. The van der Waals surface area contributed by atoms with Crippen molar-refractivity contribution in [1.82, 2.24) is 14.6 Å². The largest absolute Gasteiger partial charge is 0.453 e. The molecule has 3 rings (SSSR count). The maximum atomic E-state index is 12.1. The third kappa shape index (κ3) is 3.15. The summed E-state index contributed by atoms with van der Waals surface area (Å²) in [5, 5.41) is 10.8. The average Bonchev–Trinajstić information content (AvgIpc) is 2.92. The van der Waals surface area contributed by atoms with E-state index >= 15 is 0 Å². The minimum absolute atomic E-state index is 0.123. The fourth-order valence-electron chi connectivity index (χ4n) is 2.60. The number of nitrogens with zero attached hydrogens (tertiary/aromatic N) is 3. The van der Waals surface area contributed by atoms with Crippen LogP contribution in [0.2, 0.25) is 0 Å². The Hall–Kier alpha value is -2.89. The van der Waals surface area contributed by atoms with Gasteiger partial charge >= 0.3 is 6.01 Å². The highest BCUT2D eigenvalue weighted by Crippen LogP contribution is 2.21. The van der Waals surface area contributed by atoms with Crippen LogP contribution in [-0.2, 0) is 4.79 Å². The molecule has 0 radical (unpaired) electrons. The van der Waals surface area contributed by atoms with Crippen LogP contribution in [-0.4, -0.2) is 27.1 Å². The van der Waals surface area contributed by atoms with Gasteiger partial charge in [0.05, 0.1) is 0 Å². The molecule has 0 saturated heterocycles. The van der Waals surface area contributed by atoms with E-state index in [0.29, 0.717) is 11.7 Å². The van der Waals surface area contributed by atoms with Crippen LogP contribution in [0.3, 0.4) is 0 Å². The number of anilines is 1. The monoisotopic (exact) mass is 310 g/mol. The predicted molar refractivity (Wildman–Crippen MR) is 87.8 cm³/mol. The third-order valence-corrected chi connectivity index (χ3v) is 3.56. The van der Waals surface area contributed by atoms with Gasteiger partial charge in [-0.3, -0.25) is 9.20 Å². The maximum Gasteiger partial charge on any atom is 0.322 e. The summed E-state index contributed by atoms with van der Waals surface area (Å²) in [6.07, 6.45) is 1.79. The van der Waals surface area contributed by atoms with Gasteiger partial charge in [-0.05, 0) is 44.0 Å². The number of benzene rings is 1. The lowest BCUT2D eigenvalue weighted by Gasteiger charge is -2.12. The minimum atomic E-state index is -0.229. The van der Waals surface area contributed by atoms with Crippen molar-refractivity contribution >= 4 is 17.2 Å². The Balaban J connectivity index is 1.69. The summed E-state index contributed by atoms with van der Waals surface area (Å²) in [5.74, 6) is -0.229. The van der Waals surface area contributed by atoms with Gasteiger partial charge in [0.2, 0.25) is 0 Å². The second-order valence-electron chi connectivity index (χ2n) is 5.52. The number of pyridine rings is 1. The molecule has 0 spiro atoms. The van der Waals surface area contributed by atoms with E-state index in [1.165, 1.54) is 5.56 Å². The molecule has 1 N–H and O–H groups in total. The maximum absolute atomic E-state index is 12.1. The smallest absolute Gasteiger partial charge is 0.322 e. The van der Waals surface area contributed by atoms with Crippen molar-refractivity contribution in [1.29, 1.82) is 0 Å². The number of rotatable bonds is 4. The van der Waals surface area contributed by atoms with Crippen molar-refractivity contribution in [2.24, 2.45) is 0 Å². The van der Waals surface area contributed by atoms with Gasteiger partial charge in [-0.1, -0.05) is 28.9 Å². The summed E-state index contributed by atoms with van der Waals surface area (Å²) in [6.45, 7) is 5.86. The number of aryl methyl sites for hydroxylation is 3. The number of nitrogens with one attached hydrogen (secondary N) is 1. The number of ether oxygens (including phenoxy) is 1. The standard InChI is InChI=1S/C17H18N4O2/c1-11-8-12(2)16(13(3)9-11)18-15(22)10-23-17-20-19-14-6-4-5-7-21(14)17/h4-9H,10H2,1-3H3,(H,18,22). The van der Waals surface area contributed by atoms with Gasteiger partial charge in [-0.15, -0.1) is 5.10 Å². The lowest BCUT2D eigenvalue weighted by Crippen LogP contribution is -2.22. The van der Waals surface area contributed by atoms with Gasteiger partial charge in [-0.2, -0.15) is 0 Å². The van der Waals surface area contributed by atoms with E-state index in [4.69, 9.17) is 4.74 Å². The van der Waals surface area contributed by atoms with E-state index in [0.717, 1.165) is 16.8 Å². The summed E-state index contributed by atoms with van der Waals surface area (Å²) in [4.78, 5) is 12.1. The first-order chi connectivity index (χ1) is 11.0. The third-order valence-electron chi connectivity index (χ3n) is 3.56. The number of hydrogen-bond donors (Lipinski definition) is 1. The molecule has 0 bridgehead atoms. The van der Waals surface area contributed by atoms with E-state index in [-0.39, 0.29) is 12.5 Å². The number of carbonyl (C=O) groups excluding carboxylic acids is 1. The molecule has 2 heterocycles. The minimum Gasteiger partial charge on any atom is -0.453 e. The Morgan fingerprint density at radius 3 is 2.65 bits per heavy atom. The van der Waals surface area contributed by atoms with E-state index in [9.17, 15) is 4.79 Å². The molecular formula is C17H18N4O2. The van der Waals surface area contributed by atoms with E-state index in [1.807, 2.05) is 51.1 Å². The summed E-state index contributed by atoms with van der Waals surface area (Å²) < 4.78 is 7.16. The Kier molecular flexibility index (Phi) is 3.97. The zero-order chi connectivity index (χ0) is 16.4. The van der Waals surface area contributed by atoms with Gasteiger partial charge in [-0.25, -0.2) is 0 Å². The lowest BCUT2D eigenvalue weighted by molar-refractivity contribution is -0.118. The average molecular weight is 310 g/mol. The fraction of sp³-hybridized carbons (Fsp3) is 0.235. The summed E-state index contributed by atoms with van der Waals surface area (Å²) in [7, 11) is 0. The Morgan fingerprint density at radius 1 is 1.17 bits per heavy atom. The van der Waals surface area contributed by atoms with Gasteiger partial charge in [0, 0.05) is 11.9 Å². The molecule has 0 unspecified atom stereocenters. The number of aromatic nitrogens is 3. The summed E-state index contributed by atoms with van der Waals surface area (Å²) in [5.41, 5.74) is 4.74. The Bertz CT molecular complexity index is 847. The van der Waals surface area contributed by atoms with Crippen molar-refractivity contribution in [3.8, 4) is 6.01 Å². The lowest BCUT2D eigenvalue weighted by atomic mass is 10.1. The molecule has 6 heteroatoms. The van der Waals surface area contributed by atoms with Crippen LogP contribution in [0.1, 0.15) is 16.7 Å². The molecule has 1 amide bonds. The number of carbonyl (C=O) groups is 1. The van der Waals surface area contributed by atoms with Crippen molar-refractivity contribution < 1.29 is 9.53 Å². The first-order valence-corrected chi connectivity index (χ1v) is 7.35. The van der Waals surface area contributed by atoms with Crippen molar-refractivity contribution in [2.45, 2.75) is 20.8 Å². The SMILES string of the molecule is Cc1cc(C)c(NC(=O)COc2nnc3ccccn23)c(C)c1. The van der Waals surface area contributed by atoms with Gasteiger partial charge in [0.25, 0.3) is 5.91 Å². The highest BCUT2D eigenvalue weighted by Gasteiger charge is 2.11. The normalized spacial score (nSPS) is 10.7. The quantitative estimate of drug-likeness (QED) is 0.804. The molecule has 0 saturated carbocycles. The molecule has 3 aromatic rings. The molecule has 2 aromatic heterocycles. The zero-order valence-corrected chi connectivity index (χ0v) is 13.3. The molecular weight excluding hydrogens is 292 g/mol. The van der Waals surface area contributed by atoms with Gasteiger partial charge in [0.1, 0.15) is 0 Å². The van der Waals surface area contributed by atoms with E-state index < -0.39 is 0 Å². The molecule has 1 aromatic carbocycles.